The number of ether oxygens (including phenoxy) is 1. The number of hydrogen-bond acceptors (Lipinski definition) is 3. The van der Waals surface area contributed by atoms with Crippen molar-refractivity contribution in [2.75, 3.05) is 18.2 Å². The van der Waals surface area contributed by atoms with E-state index < -0.39 is 5.82 Å². The highest BCUT2D eigenvalue weighted by atomic mass is 35.5. The molecular formula is C13H12ClFN2O. The number of benzene rings is 2. The Labute approximate surface area is 109 Å². The van der Waals surface area contributed by atoms with Gasteiger partial charge in [0, 0.05) is 17.8 Å². The van der Waals surface area contributed by atoms with Crippen LogP contribution in [0.5, 0.6) is 5.75 Å². The van der Waals surface area contributed by atoms with Crippen LogP contribution in [0.15, 0.2) is 36.4 Å². The van der Waals surface area contributed by atoms with Gasteiger partial charge >= 0.3 is 0 Å². The number of anilines is 3. The molecule has 0 aliphatic rings. The summed E-state index contributed by atoms with van der Waals surface area (Å²) in [5.41, 5.74) is 7.34. The molecule has 0 amide bonds. The van der Waals surface area contributed by atoms with Gasteiger partial charge in [0.25, 0.3) is 0 Å². The normalized spacial score (nSPS) is 10.2. The lowest BCUT2D eigenvalue weighted by atomic mass is 10.2. The summed E-state index contributed by atoms with van der Waals surface area (Å²) in [7, 11) is 1.59. The van der Waals surface area contributed by atoms with Crippen molar-refractivity contribution in [3.05, 3.63) is 47.2 Å². The van der Waals surface area contributed by atoms with E-state index >= 15 is 0 Å². The molecule has 0 spiro atoms. The van der Waals surface area contributed by atoms with Crippen LogP contribution in [-0.2, 0) is 0 Å². The molecular weight excluding hydrogens is 255 g/mol. The van der Waals surface area contributed by atoms with E-state index in [-0.39, 0.29) is 5.02 Å². The first-order valence-corrected chi connectivity index (χ1v) is 5.63. The molecule has 0 bridgehead atoms. The highest BCUT2D eigenvalue weighted by Gasteiger charge is 2.06. The zero-order valence-electron chi connectivity index (χ0n) is 9.71. The van der Waals surface area contributed by atoms with Crippen molar-refractivity contribution < 1.29 is 9.13 Å². The fourth-order valence-electron chi connectivity index (χ4n) is 1.53. The van der Waals surface area contributed by atoms with Crippen LogP contribution in [0.25, 0.3) is 0 Å². The van der Waals surface area contributed by atoms with E-state index in [0.717, 1.165) is 5.69 Å². The lowest BCUT2D eigenvalue weighted by molar-refractivity contribution is 0.415. The summed E-state index contributed by atoms with van der Waals surface area (Å²) < 4.78 is 18.3. The number of nitrogens with one attached hydrogen (secondary N) is 1. The number of nitrogen functional groups attached to an aromatic ring is 1. The van der Waals surface area contributed by atoms with E-state index in [1.54, 1.807) is 13.2 Å². The van der Waals surface area contributed by atoms with Crippen LogP contribution < -0.4 is 15.8 Å². The molecule has 0 aromatic heterocycles. The van der Waals surface area contributed by atoms with Crippen molar-refractivity contribution in [2.24, 2.45) is 0 Å². The van der Waals surface area contributed by atoms with E-state index in [1.807, 2.05) is 18.2 Å². The van der Waals surface area contributed by atoms with Gasteiger partial charge in [-0.05, 0) is 18.2 Å². The highest BCUT2D eigenvalue weighted by molar-refractivity contribution is 6.31. The van der Waals surface area contributed by atoms with Gasteiger partial charge in [-0.1, -0.05) is 17.7 Å². The Hall–Kier alpha value is -1.94. The summed E-state index contributed by atoms with van der Waals surface area (Å²) in [6, 6.07) is 9.95. The lowest BCUT2D eigenvalue weighted by Crippen LogP contribution is -1.98. The summed E-state index contributed by atoms with van der Waals surface area (Å²) in [5, 5.41) is 3.08. The molecule has 2 aromatic carbocycles. The highest BCUT2D eigenvalue weighted by Crippen LogP contribution is 2.29. The van der Waals surface area contributed by atoms with Crippen molar-refractivity contribution in [3.63, 3.8) is 0 Å². The van der Waals surface area contributed by atoms with E-state index in [2.05, 4.69) is 5.32 Å². The molecule has 0 aliphatic carbocycles. The third kappa shape index (κ3) is 2.65. The maximum Gasteiger partial charge on any atom is 0.143 e. The summed E-state index contributed by atoms with van der Waals surface area (Å²) in [4.78, 5) is 0. The minimum atomic E-state index is -0.537. The Morgan fingerprint density at radius 1 is 1.28 bits per heavy atom. The van der Waals surface area contributed by atoms with E-state index in [0.29, 0.717) is 17.1 Å². The molecule has 2 aromatic rings. The first kappa shape index (κ1) is 12.5. The van der Waals surface area contributed by atoms with Gasteiger partial charge in [0.1, 0.15) is 11.6 Å². The smallest absolute Gasteiger partial charge is 0.143 e. The van der Waals surface area contributed by atoms with Crippen LogP contribution in [-0.4, -0.2) is 7.11 Å². The molecule has 0 radical (unpaired) electrons. The van der Waals surface area contributed by atoms with Crippen LogP contribution in [0.1, 0.15) is 0 Å². The molecule has 0 saturated heterocycles. The molecule has 0 heterocycles. The van der Waals surface area contributed by atoms with Crippen molar-refractivity contribution in [2.45, 2.75) is 0 Å². The second-order valence-corrected chi connectivity index (χ2v) is 4.12. The Bertz CT molecular complexity index is 575. The summed E-state index contributed by atoms with van der Waals surface area (Å²) in [6.07, 6.45) is 0. The first-order chi connectivity index (χ1) is 8.60. The molecule has 0 unspecified atom stereocenters. The van der Waals surface area contributed by atoms with Gasteiger partial charge in [0.15, 0.2) is 0 Å². The van der Waals surface area contributed by atoms with E-state index in [9.17, 15) is 4.39 Å². The Morgan fingerprint density at radius 3 is 2.78 bits per heavy atom. The van der Waals surface area contributed by atoms with Gasteiger partial charge in [-0.3, -0.25) is 0 Å². The van der Waals surface area contributed by atoms with Crippen molar-refractivity contribution in [1.82, 2.24) is 0 Å². The van der Waals surface area contributed by atoms with Crippen LogP contribution in [0, 0.1) is 5.82 Å². The Balaban J connectivity index is 2.30. The monoisotopic (exact) mass is 266 g/mol. The number of nitrogens with two attached hydrogens (primary N) is 1. The summed E-state index contributed by atoms with van der Waals surface area (Å²) in [5.74, 6) is 0.178. The van der Waals surface area contributed by atoms with Gasteiger partial charge in [-0.25, -0.2) is 4.39 Å². The molecule has 3 N–H and O–H groups in total. The summed E-state index contributed by atoms with van der Waals surface area (Å²) in [6.45, 7) is 0. The van der Waals surface area contributed by atoms with Crippen LogP contribution >= 0.6 is 11.6 Å². The first-order valence-electron chi connectivity index (χ1n) is 5.26. The van der Waals surface area contributed by atoms with E-state index in [1.165, 1.54) is 12.1 Å². The minimum Gasteiger partial charge on any atom is -0.497 e. The molecule has 2 rings (SSSR count). The molecule has 94 valence electrons. The number of rotatable bonds is 3. The zero-order chi connectivity index (χ0) is 13.1. The fraction of sp³-hybridized carbons (Fsp3) is 0.0769. The number of methoxy groups -OCH3 is 1. The number of hydrogen-bond donors (Lipinski definition) is 2. The van der Waals surface area contributed by atoms with E-state index in [4.69, 9.17) is 22.1 Å². The topological polar surface area (TPSA) is 47.3 Å². The lowest BCUT2D eigenvalue weighted by Gasteiger charge is -2.11. The Kier molecular flexibility index (Phi) is 3.58. The molecule has 18 heavy (non-hydrogen) atoms. The molecule has 0 atom stereocenters. The quantitative estimate of drug-likeness (QED) is 0.831. The standard InChI is InChI=1S/C13H12ClFN2O/c1-18-9-4-2-3-8(5-9)17-13-6-10(14)11(15)7-12(13)16/h2-7,17H,16H2,1H3. The van der Waals surface area contributed by atoms with Crippen molar-refractivity contribution in [3.8, 4) is 5.75 Å². The average molecular weight is 267 g/mol. The predicted octanol–water partition coefficient (Wildman–Crippen LogP) is 3.81. The average Bonchev–Trinajstić information content (AvgIpc) is 2.36. The molecule has 5 heteroatoms. The maximum absolute atomic E-state index is 13.2. The fourth-order valence-corrected chi connectivity index (χ4v) is 1.69. The molecule has 0 saturated carbocycles. The zero-order valence-corrected chi connectivity index (χ0v) is 10.5. The third-order valence-electron chi connectivity index (χ3n) is 2.44. The molecule has 3 nitrogen and oxygen atoms in total. The second-order valence-electron chi connectivity index (χ2n) is 3.71. The van der Waals surface area contributed by atoms with Crippen LogP contribution in [0.4, 0.5) is 21.5 Å². The Morgan fingerprint density at radius 2 is 2.06 bits per heavy atom. The largest absolute Gasteiger partial charge is 0.497 e. The van der Waals surface area contributed by atoms with Gasteiger partial charge in [-0.15, -0.1) is 0 Å². The molecule has 0 aliphatic heterocycles. The van der Waals surface area contributed by atoms with Crippen LogP contribution in [0.3, 0.4) is 0 Å². The van der Waals surface area contributed by atoms with Gasteiger partial charge < -0.3 is 15.8 Å². The maximum atomic E-state index is 13.2. The van der Waals surface area contributed by atoms with Gasteiger partial charge in [0.2, 0.25) is 0 Å². The minimum absolute atomic E-state index is 0.0228. The number of halogens is 2. The third-order valence-corrected chi connectivity index (χ3v) is 2.73. The van der Waals surface area contributed by atoms with Gasteiger partial charge in [0.05, 0.1) is 23.5 Å². The van der Waals surface area contributed by atoms with Crippen molar-refractivity contribution >= 4 is 28.7 Å². The predicted molar refractivity (Wildman–Crippen MR) is 72.1 cm³/mol. The molecule has 0 fully saturated rings. The van der Waals surface area contributed by atoms with Crippen molar-refractivity contribution in [1.29, 1.82) is 0 Å². The van der Waals surface area contributed by atoms with Crippen LogP contribution in [0.2, 0.25) is 5.02 Å². The summed E-state index contributed by atoms with van der Waals surface area (Å²) >= 11 is 5.72. The SMILES string of the molecule is COc1cccc(Nc2cc(Cl)c(F)cc2N)c1. The second kappa shape index (κ2) is 5.14. The van der Waals surface area contributed by atoms with Gasteiger partial charge in [-0.2, -0.15) is 0 Å².